The van der Waals surface area contributed by atoms with Gasteiger partial charge in [-0.2, -0.15) is 0 Å². The van der Waals surface area contributed by atoms with Crippen LogP contribution in [0, 0.1) is 0 Å². The molecule has 1 heterocycles. The average Bonchev–Trinajstić information content (AvgIpc) is 2.80. The monoisotopic (exact) mass is 421 g/mol. The minimum atomic E-state index is -0.938. The third-order valence-corrected chi connectivity index (χ3v) is 6.62. The summed E-state index contributed by atoms with van der Waals surface area (Å²) in [7, 11) is 0. The number of aliphatic hydroxyl groups is 2. The van der Waals surface area contributed by atoms with E-state index in [2.05, 4.69) is 48.5 Å². The molecule has 3 aromatic rings. The molecule has 3 aromatic carbocycles. The van der Waals surface area contributed by atoms with Crippen molar-refractivity contribution in [3.63, 3.8) is 0 Å². The second-order valence-corrected chi connectivity index (χ2v) is 8.99. The number of benzene rings is 3. The molecule has 0 unspecified atom stereocenters. The van der Waals surface area contributed by atoms with Gasteiger partial charge in [-0.1, -0.05) is 48.5 Å². The van der Waals surface area contributed by atoms with E-state index in [0.29, 0.717) is 12.8 Å². The molecule has 0 amide bonds. The van der Waals surface area contributed by atoms with Gasteiger partial charge in [-0.05, 0) is 53.3 Å². The molecule has 0 atom stereocenters. The molecule has 0 saturated carbocycles. The summed E-state index contributed by atoms with van der Waals surface area (Å²) < 4.78 is 6.19. The number of nitrogens with two attached hydrogens (primary N) is 1. The van der Waals surface area contributed by atoms with Crippen LogP contribution < -0.4 is 10.5 Å². The highest BCUT2D eigenvalue weighted by Gasteiger charge is 2.23. The van der Waals surface area contributed by atoms with Crippen molar-refractivity contribution in [2.24, 2.45) is 5.73 Å². The molecule has 0 aromatic heterocycles. The lowest BCUT2D eigenvalue weighted by Gasteiger charge is -2.25. The van der Waals surface area contributed by atoms with Crippen LogP contribution in [0.25, 0.3) is 0 Å². The van der Waals surface area contributed by atoms with Crippen molar-refractivity contribution >= 4 is 11.8 Å². The van der Waals surface area contributed by atoms with Crippen LogP contribution in [0.5, 0.6) is 11.5 Å². The van der Waals surface area contributed by atoms with Crippen molar-refractivity contribution in [2.75, 3.05) is 13.2 Å². The smallest absolute Gasteiger partial charge is 0.132 e. The van der Waals surface area contributed by atoms with Crippen molar-refractivity contribution in [3.8, 4) is 11.5 Å². The topological polar surface area (TPSA) is 75.7 Å². The minimum Gasteiger partial charge on any atom is -0.457 e. The largest absolute Gasteiger partial charge is 0.457 e. The minimum absolute atomic E-state index is 0.227. The Morgan fingerprint density at radius 1 is 0.867 bits per heavy atom. The molecule has 1 aliphatic rings. The van der Waals surface area contributed by atoms with E-state index >= 15 is 0 Å². The van der Waals surface area contributed by atoms with E-state index in [4.69, 9.17) is 10.5 Å². The first kappa shape index (κ1) is 20.9. The van der Waals surface area contributed by atoms with Crippen molar-refractivity contribution in [3.05, 3.63) is 89.0 Å². The highest BCUT2D eigenvalue weighted by atomic mass is 32.2. The number of hydrogen-bond donors (Lipinski definition) is 3. The van der Waals surface area contributed by atoms with E-state index in [1.54, 1.807) is 0 Å². The van der Waals surface area contributed by atoms with Crippen molar-refractivity contribution in [1.29, 1.82) is 0 Å². The molecule has 4 N–H and O–H groups in total. The number of aryl methyl sites for hydroxylation is 1. The number of aliphatic hydroxyl groups excluding tert-OH is 2. The molecule has 156 valence electrons. The fourth-order valence-electron chi connectivity index (χ4n) is 3.56. The third-order valence-electron chi connectivity index (χ3n) is 5.55. The maximum absolute atomic E-state index is 9.38. The second-order valence-electron chi connectivity index (χ2n) is 7.94. The van der Waals surface area contributed by atoms with Gasteiger partial charge in [0.05, 0.1) is 18.8 Å². The Morgan fingerprint density at radius 2 is 1.67 bits per heavy atom. The third kappa shape index (κ3) is 4.87. The number of rotatable bonds is 8. The molecule has 0 radical (unpaired) electrons. The predicted octanol–water partition coefficient (Wildman–Crippen LogP) is 4.29. The van der Waals surface area contributed by atoms with Crippen molar-refractivity contribution < 1.29 is 14.9 Å². The summed E-state index contributed by atoms with van der Waals surface area (Å²) >= 11 is 1.81. The Hall–Kier alpha value is -2.31. The van der Waals surface area contributed by atoms with Gasteiger partial charge in [-0.15, -0.1) is 11.8 Å². The highest BCUT2D eigenvalue weighted by Crippen LogP contribution is 2.39. The van der Waals surface area contributed by atoms with Gasteiger partial charge in [0.2, 0.25) is 0 Å². The van der Waals surface area contributed by atoms with Gasteiger partial charge in [-0.3, -0.25) is 0 Å². The Kier molecular flexibility index (Phi) is 6.44. The number of hydrogen-bond acceptors (Lipinski definition) is 5. The van der Waals surface area contributed by atoms with E-state index < -0.39 is 5.54 Å². The van der Waals surface area contributed by atoms with E-state index in [-0.39, 0.29) is 13.2 Å². The molecular weight excluding hydrogens is 394 g/mol. The molecule has 0 saturated heterocycles. The van der Waals surface area contributed by atoms with Crippen LogP contribution >= 0.6 is 11.8 Å². The molecule has 0 fully saturated rings. The lowest BCUT2D eigenvalue weighted by molar-refractivity contribution is 0.115. The summed E-state index contributed by atoms with van der Waals surface area (Å²) in [5, 5.41) is 18.8. The van der Waals surface area contributed by atoms with Crippen molar-refractivity contribution in [1.82, 2.24) is 0 Å². The standard InChI is InChI=1S/C25H27NO3S/c26-25(16-27,17-28)11-10-18-6-9-23-21(12-18)13-20-7-8-22(14-24(20)29-23)30-15-19-4-2-1-3-5-19/h1-9,12,14,27-28H,10-11,13,15-17,26H2. The van der Waals surface area contributed by atoms with Gasteiger partial charge >= 0.3 is 0 Å². The lowest BCUT2D eigenvalue weighted by atomic mass is 9.92. The van der Waals surface area contributed by atoms with Crippen LogP contribution in [0.1, 0.15) is 28.7 Å². The maximum atomic E-state index is 9.38. The van der Waals surface area contributed by atoms with Gasteiger partial charge in [0.25, 0.3) is 0 Å². The van der Waals surface area contributed by atoms with E-state index in [9.17, 15) is 10.2 Å². The first-order valence-electron chi connectivity index (χ1n) is 10.2. The highest BCUT2D eigenvalue weighted by molar-refractivity contribution is 7.98. The Morgan fingerprint density at radius 3 is 2.43 bits per heavy atom. The van der Waals surface area contributed by atoms with Crippen LogP contribution in [0.4, 0.5) is 0 Å². The Labute approximate surface area is 181 Å². The van der Waals surface area contributed by atoms with E-state index in [0.717, 1.165) is 34.8 Å². The fraction of sp³-hybridized carbons (Fsp3) is 0.280. The van der Waals surface area contributed by atoms with Gasteiger partial charge in [-0.25, -0.2) is 0 Å². The van der Waals surface area contributed by atoms with Crippen LogP contribution in [0.2, 0.25) is 0 Å². The van der Waals surface area contributed by atoms with Crippen LogP contribution in [-0.4, -0.2) is 29.0 Å². The Balaban J connectivity index is 1.43. The van der Waals surface area contributed by atoms with Gasteiger partial charge in [0, 0.05) is 17.1 Å². The van der Waals surface area contributed by atoms with Gasteiger partial charge in [0.1, 0.15) is 11.5 Å². The van der Waals surface area contributed by atoms with E-state index in [1.807, 2.05) is 30.0 Å². The molecule has 30 heavy (non-hydrogen) atoms. The Bertz CT molecular complexity index is 1000. The summed E-state index contributed by atoms with van der Waals surface area (Å²) in [5.74, 6) is 2.75. The molecular formula is C25H27NO3S. The summed E-state index contributed by atoms with van der Waals surface area (Å²) in [6.45, 7) is -0.453. The van der Waals surface area contributed by atoms with Gasteiger partial charge < -0.3 is 20.7 Å². The molecule has 1 aliphatic heterocycles. The zero-order valence-electron chi connectivity index (χ0n) is 16.9. The molecule has 5 heteroatoms. The fourth-order valence-corrected chi connectivity index (χ4v) is 4.44. The van der Waals surface area contributed by atoms with Crippen LogP contribution in [0.3, 0.4) is 0 Å². The van der Waals surface area contributed by atoms with Crippen LogP contribution in [-0.2, 0) is 18.6 Å². The molecule has 4 nitrogen and oxygen atoms in total. The first-order chi connectivity index (χ1) is 14.6. The summed E-state index contributed by atoms with van der Waals surface area (Å²) in [6.07, 6.45) is 2.06. The molecule has 0 spiro atoms. The zero-order valence-corrected chi connectivity index (χ0v) is 17.7. The summed E-state index contributed by atoms with van der Waals surface area (Å²) in [6, 6.07) is 23.1. The normalized spacial score (nSPS) is 12.8. The zero-order chi connectivity index (χ0) is 21.0. The summed E-state index contributed by atoms with van der Waals surface area (Å²) in [5.41, 5.74) is 9.83. The lowest BCUT2D eigenvalue weighted by Crippen LogP contribution is -2.47. The van der Waals surface area contributed by atoms with E-state index in [1.165, 1.54) is 16.0 Å². The predicted molar refractivity (Wildman–Crippen MR) is 121 cm³/mol. The number of ether oxygens (including phenoxy) is 1. The number of fused-ring (bicyclic) bond motifs is 2. The quantitative estimate of drug-likeness (QED) is 0.370. The SMILES string of the molecule is NC(CO)(CO)CCc1ccc2c(c1)Cc1ccc(SCc3ccccc3)cc1O2. The van der Waals surface area contributed by atoms with Crippen LogP contribution in [0.15, 0.2) is 71.6 Å². The number of thioether (sulfide) groups is 1. The average molecular weight is 422 g/mol. The second kappa shape index (κ2) is 9.23. The molecule has 0 aliphatic carbocycles. The molecule has 4 rings (SSSR count). The van der Waals surface area contributed by atoms with Crippen molar-refractivity contribution in [2.45, 2.75) is 35.4 Å². The summed E-state index contributed by atoms with van der Waals surface area (Å²) in [4.78, 5) is 1.20. The first-order valence-corrected chi connectivity index (χ1v) is 11.2. The molecule has 0 bridgehead atoms. The van der Waals surface area contributed by atoms with Gasteiger partial charge in [0.15, 0.2) is 0 Å². The maximum Gasteiger partial charge on any atom is 0.132 e.